The normalized spacial score (nSPS) is 16.4. The smallest absolute Gasteiger partial charge is 0.121 e. The predicted octanol–water partition coefficient (Wildman–Crippen LogP) is 2.22. The molecule has 1 aliphatic heterocycles. The molecule has 0 aliphatic carbocycles. The van der Waals surface area contributed by atoms with Crippen LogP contribution in [0.4, 0.5) is 5.69 Å². The molecule has 0 unspecified atom stereocenters. The largest absolute Gasteiger partial charge is 0.491 e. The maximum Gasteiger partial charge on any atom is 0.121 e. The third kappa shape index (κ3) is 5.30. The quantitative estimate of drug-likeness (QED) is 0.616. The van der Waals surface area contributed by atoms with Gasteiger partial charge in [0, 0.05) is 38.0 Å². The standard InChI is InChI=1S/C17H24N2O2/c1-3-9-19-10-7-15(8-11-19)18-16-5-4-6-17(14-16)21-13-12-20-2/h1,4-6,14-15,18H,7-13H2,2H3. The highest BCUT2D eigenvalue weighted by atomic mass is 16.5. The van der Waals surface area contributed by atoms with E-state index in [0.717, 1.165) is 43.9 Å². The summed E-state index contributed by atoms with van der Waals surface area (Å²) >= 11 is 0. The summed E-state index contributed by atoms with van der Waals surface area (Å²) in [5.41, 5.74) is 1.11. The number of nitrogens with one attached hydrogen (secondary N) is 1. The molecule has 0 amide bonds. The van der Waals surface area contributed by atoms with Crippen molar-refractivity contribution in [3.8, 4) is 18.1 Å². The number of methoxy groups -OCH3 is 1. The van der Waals surface area contributed by atoms with Gasteiger partial charge in [-0.05, 0) is 25.0 Å². The second kappa shape index (κ2) is 8.56. The lowest BCUT2D eigenvalue weighted by atomic mass is 10.0. The zero-order chi connectivity index (χ0) is 14.9. The number of benzene rings is 1. The fourth-order valence-corrected chi connectivity index (χ4v) is 2.52. The highest BCUT2D eigenvalue weighted by Gasteiger charge is 2.18. The molecular weight excluding hydrogens is 264 g/mol. The molecular formula is C17H24N2O2. The third-order valence-electron chi connectivity index (χ3n) is 3.66. The molecule has 0 aromatic heterocycles. The Morgan fingerprint density at radius 1 is 1.33 bits per heavy atom. The SMILES string of the molecule is C#CCN1CCC(Nc2cccc(OCCOC)c2)CC1. The fraction of sp³-hybridized carbons (Fsp3) is 0.529. The highest BCUT2D eigenvalue weighted by Crippen LogP contribution is 2.21. The first-order chi connectivity index (χ1) is 10.3. The summed E-state index contributed by atoms with van der Waals surface area (Å²) in [7, 11) is 1.67. The van der Waals surface area contributed by atoms with E-state index in [1.165, 1.54) is 0 Å². The fourth-order valence-electron chi connectivity index (χ4n) is 2.52. The number of likely N-dealkylation sites (tertiary alicyclic amines) is 1. The second-order valence-corrected chi connectivity index (χ2v) is 5.27. The molecule has 114 valence electrons. The highest BCUT2D eigenvalue weighted by molar-refractivity contribution is 5.48. The van der Waals surface area contributed by atoms with Crippen LogP contribution in [0.3, 0.4) is 0 Å². The summed E-state index contributed by atoms with van der Waals surface area (Å²) < 4.78 is 10.6. The molecule has 0 spiro atoms. The molecule has 0 radical (unpaired) electrons. The van der Waals surface area contributed by atoms with Gasteiger partial charge in [-0.3, -0.25) is 4.90 Å². The van der Waals surface area contributed by atoms with Crippen molar-refractivity contribution in [2.45, 2.75) is 18.9 Å². The molecule has 1 aromatic rings. The van der Waals surface area contributed by atoms with Crippen LogP contribution in [-0.4, -0.2) is 50.9 Å². The molecule has 4 nitrogen and oxygen atoms in total. The van der Waals surface area contributed by atoms with Gasteiger partial charge in [0.15, 0.2) is 0 Å². The van der Waals surface area contributed by atoms with Gasteiger partial charge in [0.2, 0.25) is 0 Å². The Bertz CT molecular complexity index is 462. The summed E-state index contributed by atoms with van der Waals surface area (Å²) in [6.45, 7) is 4.06. The van der Waals surface area contributed by atoms with Crippen molar-refractivity contribution in [3.63, 3.8) is 0 Å². The summed E-state index contributed by atoms with van der Waals surface area (Å²) in [4.78, 5) is 2.32. The lowest BCUT2D eigenvalue weighted by molar-refractivity contribution is 0.146. The number of terminal acetylenes is 1. The van der Waals surface area contributed by atoms with Crippen molar-refractivity contribution in [2.75, 3.05) is 45.3 Å². The van der Waals surface area contributed by atoms with E-state index in [1.54, 1.807) is 7.11 Å². The maximum absolute atomic E-state index is 5.63. The number of rotatable bonds is 7. The summed E-state index contributed by atoms with van der Waals surface area (Å²) in [5.74, 6) is 3.59. The van der Waals surface area contributed by atoms with Crippen LogP contribution < -0.4 is 10.1 Å². The lowest BCUT2D eigenvalue weighted by Crippen LogP contribution is -2.39. The van der Waals surface area contributed by atoms with Crippen LogP contribution in [0.5, 0.6) is 5.75 Å². The number of ether oxygens (including phenoxy) is 2. The Hall–Kier alpha value is -1.70. The van der Waals surface area contributed by atoms with Gasteiger partial charge in [0.1, 0.15) is 12.4 Å². The van der Waals surface area contributed by atoms with Gasteiger partial charge in [0.25, 0.3) is 0 Å². The van der Waals surface area contributed by atoms with Crippen LogP contribution in [0, 0.1) is 12.3 Å². The van der Waals surface area contributed by atoms with Crippen molar-refractivity contribution in [1.82, 2.24) is 4.90 Å². The van der Waals surface area contributed by atoms with E-state index in [-0.39, 0.29) is 0 Å². The van der Waals surface area contributed by atoms with E-state index in [1.807, 2.05) is 18.2 Å². The number of anilines is 1. The molecule has 1 aliphatic rings. The molecule has 1 aromatic carbocycles. The van der Waals surface area contributed by atoms with Crippen LogP contribution in [-0.2, 0) is 4.74 Å². The van der Waals surface area contributed by atoms with Gasteiger partial charge in [0.05, 0.1) is 13.2 Å². The van der Waals surface area contributed by atoms with Crippen LogP contribution >= 0.6 is 0 Å². The van der Waals surface area contributed by atoms with Crippen LogP contribution in [0.25, 0.3) is 0 Å². The summed E-state index contributed by atoms with van der Waals surface area (Å²) in [6.07, 6.45) is 7.60. The predicted molar refractivity (Wildman–Crippen MR) is 85.7 cm³/mol. The van der Waals surface area contributed by atoms with E-state index < -0.39 is 0 Å². The minimum Gasteiger partial charge on any atom is -0.491 e. The second-order valence-electron chi connectivity index (χ2n) is 5.27. The van der Waals surface area contributed by atoms with E-state index in [4.69, 9.17) is 15.9 Å². The van der Waals surface area contributed by atoms with Gasteiger partial charge in [-0.25, -0.2) is 0 Å². The van der Waals surface area contributed by atoms with Crippen molar-refractivity contribution >= 4 is 5.69 Å². The first kappa shape index (κ1) is 15.7. The van der Waals surface area contributed by atoms with Crippen molar-refractivity contribution in [1.29, 1.82) is 0 Å². The van der Waals surface area contributed by atoms with Gasteiger partial charge in [-0.1, -0.05) is 12.0 Å². The number of nitrogens with zero attached hydrogens (tertiary/aromatic N) is 1. The average Bonchev–Trinajstić information content (AvgIpc) is 2.50. The molecule has 1 heterocycles. The molecule has 0 atom stereocenters. The van der Waals surface area contributed by atoms with Crippen molar-refractivity contribution in [3.05, 3.63) is 24.3 Å². The average molecular weight is 288 g/mol. The first-order valence-electron chi connectivity index (χ1n) is 7.46. The Morgan fingerprint density at radius 2 is 2.14 bits per heavy atom. The molecule has 4 heteroatoms. The zero-order valence-electron chi connectivity index (χ0n) is 12.7. The van der Waals surface area contributed by atoms with Crippen LogP contribution in [0.15, 0.2) is 24.3 Å². The molecule has 2 rings (SSSR count). The Labute approximate surface area is 127 Å². The minimum atomic E-state index is 0.508. The minimum absolute atomic E-state index is 0.508. The van der Waals surface area contributed by atoms with Gasteiger partial charge in [-0.2, -0.15) is 0 Å². The summed E-state index contributed by atoms with van der Waals surface area (Å²) in [6, 6.07) is 8.61. The lowest BCUT2D eigenvalue weighted by Gasteiger charge is -2.31. The number of piperidine rings is 1. The van der Waals surface area contributed by atoms with Gasteiger partial charge < -0.3 is 14.8 Å². The van der Waals surface area contributed by atoms with Crippen LogP contribution in [0.1, 0.15) is 12.8 Å². The first-order valence-corrected chi connectivity index (χ1v) is 7.46. The van der Waals surface area contributed by atoms with E-state index in [2.05, 4.69) is 22.2 Å². The van der Waals surface area contributed by atoms with Crippen molar-refractivity contribution in [2.24, 2.45) is 0 Å². The molecule has 1 saturated heterocycles. The van der Waals surface area contributed by atoms with E-state index in [9.17, 15) is 0 Å². The van der Waals surface area contributed by atoms with Gasteiger partial charge >= 0.3 is 0 Å². The molecule has 0 saturated carbocycles. The molecule has 21 heavy (non-hydrogen) atoms. The number of hydrogen-bond acceptors (Lipinski definition) is 4. The van der Waals surface area contributed by atoms with Gasteiger partial charge in [-0.15, -0.1) is 6.42 Å². The van der Waals surface area contributed by atoms with E-state index >= 15 is 0 Å². The topological polar surface area (TPSA) is 33.7 Å². The van der Waals surface area contributed by atoms with Crippen LogP contribution in [0.2, 0.25) is 0 Å². The monoisotopic (exact) mass is 288 g/mol. The molecule has 1 N–H and O–H groups in total. The molecule has 0 bridgehead atoms. The number of hydrogen-bond donors (Lipinski definition) is 1. The Kier molecular flexibility index (Phi) is 6.39. The summed E-state index contributed by atoms with van der Waals surface area (Å²) in [5, 5.41) is 3.58. The Morgan fingerprint density at radius 3 is 2.86 bits per heavy atom. The van der Waals surface area contributed by atoms with E-state index in [0.29, 0.717) is 19.3 Å². The molecule has 1 fully saturated rings. The van der Waals surface area contributed by atoms with Crippen molar-refractivity contribution < 1.29 is 9.47 Å². The maximum atomic E-state index is 5.63. The zero-order valence-corrected chi connectivity index (χ0v) is 12.7. The third-order valence-corrected chi connectivity index (χ3v) is 3.66. The Balaban J connectivity index is 1.80.